The van der Waals surface area contributed by atoms with Gasteiger partial charge in [-0.05, 0) is 67.6 Å². The molecule has 2 rings (SSSR count). The standard InChI is InChI=1S/3C12H28NP.2C5H5.6ClH.2Ti/c3*1-10(2,3)14(13,11(4,5)6)12(7,8)9;2*1-2-4-5-3-1;;;;;;;;/h3*13H,1-9H3;2*1-3H,4H2;6*1H;;/q;;;;;;;;;;;2*+3/p-6. The fraction of sp³-hybridized carbons (Fsp3) is 0.826. The molecule has 0 bridgehead atoms. The minimum atomic E-state index is -1.77. The van der Waals surface area contributed by atoms with Crippen LogP contribution >= 0.6 is 21.2 Å². The van der Waals surface area contributed by atoms with Crippen molar-refractivity contribution in [3.63, 3.8) is 0 Å². The van der Waals surface area contributed by atoms with Gasteiger partial charge in [0, 0.05) is 0 Å². The molecule has 0 aromatic heterocycles. The van der Waals surface area contributed by atoms with E-state index in [1.807, 2.05) is 0 Å². The predicted molar refractivity (Wildman–Crippen MR) is 250 cm³/mol. The van der Waals surface area contributed by atoms with Crippen LogP contribution in [0.15, 0.2) is 44.2 Å². The molecule has 0 aromatic carbocycles. The fourth-order valence-electron chi connectivity index (χ4n) is 9.95. The molecular weight excluding hydrogens is 996 g/mol. The second-order valence-corrected chi connectivity index (χ2v) is 42.3. The van der Waals surface area contributed by atoms with Crippen LogP contribution in [-0.2, 0) is 40.9 Å². The van der Waals surface area contributed by atoms with Crippen molar-refractivity contribution in [3.8, 4) is 0 Å². The summed E-state index contributed by atoms with van der Waals surface area (Å²) in [5.74, 6) is 0. The summed E-state index contributed by atoms with van der Waals surface area (Å²) in [4.78, 5) is 0. The summed E-state index contributed by atoms with van der Waals surface area (Å²) in [5.41, 5.74) is 0. The quantitative estimate of drug-likeness (QED) is 0.231. The normalized spacial score (nSPS) is 14.8. The zero-order valence-electron chi connectivity index (χ0n) is 43.5. The molecule has 358 valence electrons. The van der Waals surface area contributed by atoms with Crippen LogP contribution in [0.1, 0.15) is 200 Å². The number of nitrogens with one attached hydrogen (secondary N) is 3. The van der Waals surface area contributed by atoms with Crippen molar-refractivity contribution in [3.05, 3.63) is 44.2 Å². The van der Waals surface area contributed by atoms with E-state index in [0.717, 1.165) is 0 Å². The van der Waals surface area contributed by atoms with Gasteiger partial charge in [0.05, 0.1) is 0 Å². The van der Waals surface area contributed by atoms with Gasteiger partial charge in [-0.3, -0.25) is 0 Å². The molecule has 0 unspecified atom stereocenters. The molecule has 0 aromatic rings. The van der Waals surface area contributed by atoms with E-state index in [1.165, 1.54) is 20.6 Å². The Kier molecular flexibility index (Phi) is 40.0. The van der Waals surface area contributed by atoms with E-state index < -0.39 is 21.2 Å². The van der Waals surface area contributed by atoms with E-state index in [4.69, 9.17) is 15.5 Å². The molecule has 2 aliphatic carbocycles. The van der Waals surface area contributed by atoms with Crippen LogP contribution in [0.3, 0.4) is 0 Å². The molecule has 60 heavy (non-hydrogen) atoms. The van der Waals surface area contributed by atoms with Crippen molar-refractivity contribution in [1.82, 2.24) is 0 Å². The molecule has 0 fully saturated rings. The Labute approximate surface area is 438 Å². The Morgan fingerprint density at radius 3 is 0.450 bits per heavy atom. The third kappa shape index (κ3) is 22.7. The van der Waals surface area contributed by atoms with Crippen molar-refractivity contribution in [1.29, 1.82) is 15.5 Å². The fourth-order valence-corrected chi connectivity index (χ4v) is 28.7. The second kappa shape index (κ2) is 29.0. The monoisotopic (exact) mass is 1090 g/mol. The first-order chi connectivity index (χ1) is 23.0. The Bertz CT molecular complexity index is 1190. The van der Waals surface area contributed by atoms with Gasteiger partial charge in [-0.2, -0.15) is 0 Å². The molecule has 0 radical (unpaired) electrons. The van der Waals surface area contributed by atoms with Crippen molar-refractivity contribution in [2.45, 2.75) is 246 Å². The first kappa shape index (κ1) is 82.9. The summed E-state index contributed by atoms with van der Waals surface area (Å²) in [6, 6.07) is 0. The van der Waals surface area contributed by atoms with E-state index in [1.54, 1.807) is 0 Å². The predicted octanol–water partition coefficient (Wildman–Crippen LogP) is 0.264. The first-order valence-corrected chi connectivity index (χ1v) is 27.0. The van der Waals surface area contributed by atoms with Gasteiger partial charge in [0.25, 0.3) is 0 Å². The summed E-state index contributed by atoms with van der Waals surface area (Å²) in [7, 11) is -5.31. The average molecular weight is 1090 g/mol. The molecule has 0 atom stereocenters. The Morgan fingerprint density at radius 1 is 0.317 bits per heavy atom. The number of hydrogen-bond acceptors (Lipinski definition) is 3. The van der Waals surface area contributed by atoms with Gasteiger partial charge in [-0.1, -0.05) is 187 Å². The summed E-state index contributed by atoms with van der Waals surface area (Å²) >= 11 is 4.28. The molecular formula is C46H94Cl6N3P3Ti2. The molecule has 14 heteroatoms. The first-order valence-electron chi connectivity index (χ1n) is 20.1. The van der Waals surface area contributed by atoms with Gasteiger partial charge >= 0.3 is 97.9 Å². The second-order valence-electron chi connectivity index (χ2n) is 24.2. The SMILES string of the molecule is CC(C)(C)P(=N)(C(C)(C)C)C(C)(C)C.CC(C)(C)P(=N)(C(C)(C)C)C(C)(C)C.CC(C)(C)P(=N)(C(C)(C)C)C(C)(C)C.[Cl-].[Cl-].[Cl-].[Cl-].[Cl-].[Cl-].[Ti+3][C]1=CC=CC1.[Ti+3][C]1=CC=CC1. The maximum absolute atomic E-state index is 8.99. The van der Waals surface area contributed by atoms with Crippen molar-refractivity contribution in [2.75, 3.05) is 0 Å². The molecule has 0 amide bonds. The molecule has 0 saturated carbocycles. The third-order valence-electron chi connectivity index (χ3n) is 10.6. The number of allylic oxidation sites excluding steroid dienone is 8. The van der Waals surface area contributed by atoms with Crippen LogP contribution in [0.5, 0.6) is 0 Å². The molecule has 0 saturated heterocycles. The Morgan fingerprint density at radius 2 is 0.433 bits per heavy atom. The van der Waals surface area contributed by atoms with Gasteiger partial charge in [0.2, 0.25) is 0 Å². The van der Waals surface area contributed by atoms with Crippen LogP contribution in [0.2, 0.25) is 0 Å². The van der Waals surface area contributed by atoms with Crippen LogP contribution in [0, 0.1) is 15.5 Å². The van der Waals surface area contributed by atoms with Gasteiger partial charge in [-0.25, -0.2) is 0 Å². The number of rotatable bonds is 0. The van der Waals surface area contributed by atoms with Crippen LogP contribution in [0.25, 0.3) is 0 Å². The number of halogens is 6. The molecule has 0 aliphatic heterocycles. The molecule has 0 heterocycles. The van der Waals surface area contributed by atoms with E-state index in [2.05, 4.69) is 264 Å². The van der Waals surface area contributed by atoms with E-state index in [0.29, 0.717) is 0 Å². The van der Waals surface area contributed by atoms with Crippen LogP contribution in [-0.4, -0.2) is 46.4 Å². The Balaban J connectivity index is -0.0000000780. The van der Waals surface area contributed by atoms with E-state index in [9.17, 15) is 0 Å². The summed E-state index contributed by atoms with van der Waals surface area (Å²) in [6.45, 7) is 60.1. The van der Waals surface area contributed by atoms with Crippen LogP contribution in [0.4, 0.5) is 0 Å². The van der Waals surface area contributed by atoms with E-state index >= 15 is 0 Å². The summed E-state index contributed by atoms with van der Waals surface area (Å²) < 4.78 is 2.94. The van der Waals surface area contributed by atoms with Gasteiger partial charge in [0.1, 0.15) is 0 Å². The molecule has 3 nitrogen and oxygen atoms in total. The van der Waals surface area contributed by atoms with Gasteiger partial charge in [0.15, 0.2) is 0 Å². The third-order valence-corrected chi connectivity index (χ3v) is 29.9. The summed E-state index contributed by atoms with van der Waals surface area (Å²) in [6.07, 6.45) is 15.1. The zero-order valence-corrected chi connectivity index (χ0v) is 53.8. The van der Waals surface area contributed by atoms with Gasteiger partial charge < -0.3 is 89.9 Å². The molecule has 2 aliphatic rings. The molecule has 0 spiro atoms. The van der Waals surface area contributed by atoms with E-state index in [-0.39, 0.29) is 121 Å². The molecule has 3 N–H and O–H groups in total. The summed E-state index contributed by atoms with van der Waals surface area (Å²) in [5, 5.41) is 27.9. The average Bonchev–Trinajstić information content (AvgIpc) is 3.56. The zero-order chi connectivity index (χ0) is 44.8. The Hall–Kier alpha value is 2.82. The minimum absolute atomic E-state index is 0. The van der Waals surface area contributed by atoms with Crippen LogP contribution < -0.4 is 74.4 Å². The number of hydrogen-bond donors (Lipinski definition) is 3. The maximum atomic E-state index is 8.99. The van der Waals surface area contributed by atoms with Crippen molar-refractivity contribution >= 4 is 21.2 Å². The van der Waals surface area contributed by atoms with Gasteiger partial charge in [-0.15, -0.1) is 0 Å². The van der Waals surface area contributed by atoms with Crippen molar-refractivity contribution < 1.29 is 115 Å². The topological polar surface area (TPSA) is 71.6 Å². The van der Waals surface area contributed by atoms with Crippen molar-refractivity contribution in [2.24, 2.45) is 0 Å².